The lowest BCUT2D eigenvalue weighted by atomic mass is 10.2. The third kappa shape index (κ3) is 3.16. The van der Waals surface area contributed by atoms with Crippen LogP contribution in [0.3, 0.4) is 0 Å². The lowest BCUT2D eigenvalue weighted by Gasteiger charge is -2.14. The second-order valence-electron chi connectivity index (χ2n) is 4.03. The van der Waals surface area contributed by atoms with Gasteiger partial charge in [0.1, 0.15) is 17.9 Å². The predicted octanol–water partition coefficient (Wildman–Crippen LogP) is 2.38. The van der Waals surface area contributed by atoms with Gasteiger partial charge < -0.3 is 14.8 Å². The Labute approximate surface area is 119 Å². The van der Waals surface area contributed by atoms with Crippen LogP contribution in [0, 0.1) is 0 Å². The second kappa shape index (κ2) is 5.91. The van der Waals surface area contributed by atoms with Crippen molar-refractivity contribution in [3.63, 3.8) is 0 Å². The van der Waals surface area contributed by atoms with E-state index in [0.29, 0.717) is 23.7 Å². The summed E-state index contributed by atoms with van der Waals surface area (Å²) >= 11 is 9.40. The van der Waals surface area contributed by atoms with Gasteiger partial charge >= 0.3 is 5.97 Å². The number of esters is 1. The molecule has 1 saturated heterocycles. The predicted molar refractivity (Wildman–Crippen MR) is 72.0 cm³/mol. The van der Waals surface area contributed by atoms with E-state index < -0.39 is 0 Å². The zero-order chi connectivity index (χ0) is 13.1. The molecule has 1 aliphatic rings. The van der Waals surface area contributed by atoms with E-state index in [1.54, 1.807) is 12.1 Å². The van der Waals surface area contributed by atoms with Crippen LogP contribution in [0.4, 0.5) is 0 Å². The fourth-order valence-corrected chi connectivity index (χ4v) is 2.58. The summed E-state index contributed by atoms with van der Waals surface area (Å²) in [5.74, 6) is 0.361. The SMILES string of the molecule is COC(=O)C1CC(Oc2ccc(Br)cc2Cl)CN1. The van der Waals surface area contributed by atoms with Crippen molar-refractivity contribution in [3.05, 3.63) is 27.7 Å². The molecule has 1 heterocycles. The van der Waals surface area contributed by atoms with Gasteiger partial charge in [0.05, 0.1) is 12.1 Å². The first-order chi connectivity index (χ1) is 8.60. The number of benzene rings is 1. The molecule has 0 amide bonds. The van der Waals surface area contributed by atoms with Crippen LogP contribution in [0.2, 0.25) is 5.02 Å². The number of rotatable bonds is 3. The minimum absolute atomic E-state index is 0.0761. The largest absolute Gasteiger partial charge is 0.487 e. The molecule has 0 spiro atoms. The first-order valence-corrected chi connectivity index (χ1v) is 6.70. The summed E-state index contributed by atoms with van der Waals surface area (Å²) in [7, 11) is 1.38. The third-order valence-corrected chi connectivity index (χ3v) is 3.55. The van der Waals surface area contributed by atoms with E-state index in [0.717, 1.165) is 4.47 Å². The Hall–Kier alpha value is -0.780. The zero-order valence-corrected chi connectivity index (χ0v) is 12.1. The van der Waals surface area contributed by atoms with Gasteiger partial charge in [-0.2, -0.15) is 0 Å². The monoisotopic (exact) mass is 333 g/mol. The molecule has 2 atom stereocenters. The Kier molecular flexibility index (Phi) is 4.48. The van der Waals surface area contributed by atoms with Gasteiger partial charge in [-0.05, 0) is 18.2 Å². The summed E-state index contributed by atoms with van der Waals surface area (Å²) in [5.41, 5.74) is 0. The highest BCUT2D eigenvalue weighted by Crippen LogP contribution is 2.29. The number of methoxy groups -OCH3 is 1. The van der Waals surface area contributed by atoms with E-state index in [1.807, 2.05) is 6.07 Å². The van der Waals surface area contributed by atoms with Gasteiger partial charge in [-0.1, -0.05) is 27.5 Å². The third-order valence-electron chi connectivity index (χ3n) is 2.76. The van der Waals surface area contributed by atoms with Gasteiger partial charge in [0.25, 0.3) is 0 Å². The van der Waals surface area contributed by atoms with Gasteiger partial charge in [-0.25, -0.2) is 0 Å². The van der Waals surface area contributed by atoms with E-state index in [2.05, 4.69) is 26.0 Å². The molecule has 1 aromatic carbocycles. The van der Waals surface area contributed by atoms with E-state index in [9.17, 15) is 4.79 Å². The number of hydrogen-bond donors (Lipinski definition) is 1. The van der Waals surface area contributed by atoms with Crippen molar-refractivity contribution in [1.29, 1.82) is 0 Å². The maximum atomic E-state index is 11.4. The molecule has 2 unspecified atom stereocenters. The Morgan fingerprint density at radius 2 is 2.33 bits per heavy atom. The first-order valence-electron chi connectivity index (χ1n) is 5.53. The molecule has 1 aliphatic heterocycles. The topological polar surface area (TPSA) is 47.6 Å². The summed E-state index contributed by atoms with van der Waals surface area (Å²) in [6, 6.07) is 5.14. The maximum absolute atomic E-state index is 11.4. The van der Waals surface area contributed by atoms with Crippen LogP contribution < -0.4 is 10.1 Å². The quantitative estimate of drug-likeness (QED) is 0.862. The van der Waals surface area contributed by atoms with E-state index in [1.165, 1.54) is 7.11 Å². The van der Waals surface area contributed by atoms with Gasteiger partial charge in [0.2, 0.25) is 0 Å². The summed E-state index contributed by atoms with van der Waals surface area (Å²) in [4.78, 5) is 11.4. The molecule has 18 heavy (non-hydrogen) atoms. The molecule has 1 fully saturated rings. The summed E-state index contributed by atoms with van der Waals surface area (Å²) < 4.78 is 11.3. The smallest absolute Gasteiger partial charge is 0.323 e. The first kappa shape index (κ1) is 13.6. The molecule has 0 aromatic heterocycles. The molecular weight excluding hydrogens is 321 g/mol. The summed E-state index contributed by atoms with van der Waals surface area (Å²) in [6.07, 6.45) is 0.506. The highest BCUT2D eigenvalue weighted by molar-refractivity contribution is 9.10. The van der Waals surface area contributed by atoms with Crippen LogP contribution in [0.1, 0.15) is 6.42 Å². The van der Waals surface area contributed by atoms with Gasteiger partial charge in [0.15, 0.2) is 0 Å². The Bertz CT molecular complexity index is 455. The molecule has 4 nitrogen and oxygen atoms in total. The molecule has 0 aliphatic carbocycles. The molecule has 0 radical (unpaired) electrons. The summed E-state index contributed by atoms with van der Waals surface area (Å²) in [6.45, 7) is 0.603. The van der Waals surface area contributed by atoms with Gasteiger partial charge in [-0.3, -0.25) is 4.79 Å². The van der Waals surface area contributed by atoms with Crippen LogP contribution in [0.15, 0.2) is 22.7 Å². The Morgan fingerprint density at radius 1 is 1.56 bits per heavy atom. The number of halogens is 2. The van der Waals surface area contributed by atoms with Crippen LogP contribution in [0.5, 0.6) is 5.75 Å². The minimum Gasteiger partial charge on any atom is -0.487 e. The number of hydrogen-bond acceptors (Lipinski definition) is 4. The number of nitrogens with one attached hydrogen (secondary N) is 1. The van der Waals surface area contributed by atoms with Crippen molar-refractivity contribution >= 4 is 33.5 Å². The Balaban J connectivity index is 1.97. The molecular formula is C12H13BrClNO3. The van der Waals surface area contributed by atoms with E-state index in [4.69, 9.17) is 16.3 Å². The van der Waals surface area contributed by atoms with E-state index in [-0.39, 0.29) is 18.1 Å². The molecule has 0 saturated carbocycles. The van der Waals surface area contributed by atoms with Crippen molar-refractivity contribution < 1.29 is 14.3 Å². The van der Waals surface area contributed by atoms with Crippen molar-refractivity contribution in [2.24, 2.45) is 0 Å². The van der Waals surface area contributed by atoms with Gasteiger partial charge in [0, 0.05) is 17.4 Å². The Morgan fingerprint density at radius 3 is 3.00 bits per heavy atom. The van der Waals surface area contributed by atoms with Crippen molar-refractivity contribution in [2.45, 2.75) is 18.6 Å². The number of carbonyl (C=O) groups excluding carboxylic acids is 1. The minimum atomic E-state index is -0.297. The average molecular weight is 335 g/mol. The van der Waals surface area contributed by atoms with Crippen LogP contribution >= 0.6 is 27.5 Å². The molecule has 1 aromatic rings. The fraction of sp³-hybridized carbons (Fsp3) is 0.417. The standard InChI is InChI=1S/C12H13BrClNO3/c1-17-12(16)10-5-8(6-15-10)18-11-3-2-7(13)4-9(11)14/h2-4,8,10,15H,5-6H2,1H3. The van der Waals surface area contributed by atoms with Crippen molar-refractivity contribution in [2.75, 3.05) is 13.7 Å². The highest BCUT2D eigenvalue weighted by atomic mass is 79.9. The fourth-order valence-electron chi connectivity index (χ4n) is 1.87. The average Bonchev–Trinajstić information content (AvgIpc) is 2.80. The van der Waals surface area contributed by atoms with Crippen LogP contribution in [-0.4, -0.2) is 31.8 Å². The van der Waals surface area contributed by atoms with E-state index >= 15 is 0 Å². The zero-order valence-electron chi connectivity index (χ0n) is 9.78. The maximum Gasteiger partial charge on any atom is 0.323 e. The number of ether oxygens (including phenoxy) is 2. The molecule has 98 valence electrons. The molecule has 2 rings (SSSR count). The normalized spacial score (nSPS) is 22.8. The summed E-state index contributed by atoms with van der Waals surface area (Å²) in [5, 5.41) is 3.60. The number of carbonyl (C=O) groups is 1. The van der Waals surface area contributed by atoms with Gasteiger partial charge in [-0.15, -0.1) is 0 Å². The van der Waals surface area contributed by atoms with Crippen LogP contribution in [-0.2, 0) is 9.53 Å². The second-order valence-corrected chi connectivity index (χ2v) is 5.36. The molecule has 1 N–H and O–H groups in total. The lowest BCUT2D eigenvalue weighted by molar-refractivity contribution is -0.142. The molecule has 0 bridgehead atoms. The van der Waals surface area contributed by atoms with Crippen molar-refractivity contribution in [3.8, 4) is 5.75 Å². The van der Waals surface area contributed by atoms with Crippen LogP contribution in [0.25, 0.3) is 0 Å². The van der Waals surface area contributed by atoms with Crippen molar-refractivity contribution in [1.82, 2.24) is 5.32 Å². The molecule has 6 heteroatoms. The highest BCUT2D eigenvalue weighted by Gasteiger charge is 2.31. The lowest BCUT2D eigenvalue weighted by Crippen LogP contribution is -2.31.